The average molecular weight is 302 g/mol. The van der Waals surface area contributed by atoms with Gasteiger partial charge in [-0.2, -0.15) is 5.26 Å². The van der Waals surface area contributed by atoms with Crippen molar-refractivity contribution in [2.75, 3.05) is 19.1 Å². The Morgan fingerprint density at radius 1 is 1.24 bits per heavy atom. The molecule has 0 aliphatic carbocycles. The zero-order valence-electron chi connectivity index (χ0n) is 12.2. The van der Waals surface area contributed by atoms with Crippen LogP contribution in [0.1, 0.15) is 24.2 Å². The first-order valence-electron chi connectivity index (χ1n) is 6.50. The molecule has 1 aromatic heterocycles. The van der Waals surface area contributed by atoms with Crippen LogP contribution in [0.25, 0.3) is 0 Å². The van der Waals surface area contributed by atoms with Crippen LogP contribution < -0.4 is 9.64 Å². The summed E-state index contributed by atoms with van der Waals surface area (Å²) in [7, 11) is 3.58. The highest BCUT2D eigenvalue weighted by Crippen LogP contribution is 2.26. The predicted octanol–water partition coefficient (Wildman–Crippen LogP) is 3.81. The number of rotatable bonds is 4. The smallest absolute Gasteiger partial charge is 0.161 e. The SMILES string of the molecule is COc1ccc(C(C)N(C)c2ccc(Cl)c(C#N)n2)cc1. The highest BCUT2D eigenvalue weighted by Gasteiger charge is 2.15. The van der Waals surface area contributed by atoms with Crippen LogP contribution in [0.4, 0.5) is 5.82 Å². The van der Waals surface area contributed by atoms with E-state index in [1.165, 1.54) is 0 Å². The molecule has 0 aliphatic heterocycles. The van der Waals surface area contributed by atoms with Gasteiger partial charge in [0.1, 0.15) is 17.6 Å². The Bertz CT molecular complexity index is 664. The first kappa shape index (κ1) is 15.1. The fourth-order valence-corrected chi connectivity index (χ4v) is 2.16. The lowest BCUT2D eigenvalue weighted by atomic mass is 10.1. The normalized spacial score (nSPS) is 11.6. The molecule has 0 saturated heterocycles. The fourth-order valence-electron chi connectivity index (χ4n) is 2.01. The number of hydrogen-bond donors (Lipinski definition) is 0. The molecule has 0 aliphatic rings. The van der Waals surface area contributed by atoms with Crippen molar-refractivity contribution in [1.29, 1.82) is 5.26 Å². The summed E-state index contributed by atoms with van der Waals surface area (Å²) < 4.78 is 5.16. The zero-order valence-corrected chi connectivity index (χ0v) is 12.9. The van der Waals surface area contributed by atoms with Crippen molar-refractivity contribution in [3.8, 4) is 11.8 Å². The van der Waals surface area contributed by atoms with Gasteiger partial charge in [0.25, 0.3) is 0 Å². The molecular weight excluding hydrogens is 286 g/mol. The molecule has 0 amide bonds. The molecule has 0 bridgehead atoms. The van der Waals surface area contributed by atoms with Crippen LogP contribution in [0.2, 0.25) is 5.02 Å². The van der Waals surface area contributed by atoms with Crippen LogP contribution in [0.5, 0.6) is 5.75 Å². The van der Waals surface area contributed by atoms with E-state index in [0.29, 0.717) is 10.8 Å². The topological polar surface area (TPSA) is 49.1 Å². The molecule has 4 nitrogen and oxygen atoms in total. The molecule has 0 N–H and O–H groups in total. The maximum absolute atomic E-state index is 9.01. The van der Waals surface area contributed by atoms with Gasteiger partial charge in [0, 0.05) is 7.05 Å². The number of pyridine rings is 1. The summed E-state index contributed by atoms with van der Waals surface area (Å²) in [5.41, 5.74) is 1.37. The molecule has 21 heavy (non-hydrogen) atoms. The van der Waals surface area contributed by atoms with Gasteiger partial charge >= 0.3 is 0 Å². The van der Waals surface area contributed by atoms with E-state index in [-0.39, 0.29) is 11.7 Å². The highest BCUT2D eigenvalue weighted by molar-refractivity contribution is 6.31. The van der Waals surface area contributed by atoms with Crippen molar-refractivity contribution in [2.45, 2.75) is 13.0 Å². The summed E-state index contributed by atoms with van der Waals surface area (Å²) in [5.74, 6) is 1.53. The van der Waals surface area contributed by atoms with E-state index in [1.54, 1.807) is 13.2 Å². The second-order valence-electron chi connectivity index (χ2n) is 4.67. The van der Waals surface area contributed by atoms with E-state index in [2.05, 4.69) is 11.9 Å². The van der Waals surface area contributed by atoms with Crippen LogP contribution in [-0.4, -0.2) is 19.1 Å². The number of methoxy groups -OCH3 is 1. The van der Waals surface area contributed by atoms with Gasteiger partial charge < -0.3 is 9.64 Å². The maximum atomic E-state index is 9.01. The van der Waals surface area contributed by atoms with Gasteiger partial charge in [-0.05, 0) is 36.8 Å². The number of ether oxygens (including phenoxy) is 1. The first-order chi connectivity index (χ1) is 10.1. The summed E-state index contributed by atoms with van der Waals surface area (Å²) in [4.78, 5) is 6.28. The number of anilines is 1. The Hall–Kier alpha value is -2.25. The van der Waals surface area contributed by atoms with E-state index >= 15 is 0 Å². The number of nitrogens with zero attached hydrogens (tertiary/aromatic N) is 3. The van der Waals surface area contributed by atoms with Crippen molar-refractivity contribution in [3.05, 3.63) is 52.7 Å². The molecule has 1 heterocycles. The summed E-state index contributed by atoms with van der Waals surface area (Å²) in [6, 6.07) is 13.5. The minimum atomic E-state index is 0.108. The van der Waals surface area contributed by atoms with Crippen molar-refractivity contribution in [2.24, 2.45) is 0 Å². The summed E-state index contributed by atoms with van der Waals surface area (Å²) in [5, 5.41) is 9.38. The molecule has 1 aromatic carbocycles. The maximum Gasteiger partial charge on any atom is 0.161 e. The van der Waals surface area contributed by atoms with Crippen molar-refractivity contribution < 1.29 is 4.74 Å². The second-order valence-corrected chi connectivity index (χ2v) is 5.08. The molecule has 108 valence electrons. The van der Waals surface area contributed by atoms with Crippen molar-refractivity contribution in [1.82, 2.24) is 4.98 Å². The van der Waals surface area contributed by atoms with E-state index in [4.69, 9.17) is 21.6 Å². The summed E-state index contributed by atoms with van der Waals surface area (Å²) >= 11 is 5.91. The van der Waals surface area contributed by atoms with Crippen LogP contribution in [0, 0.1) is 11.3 Å². The van der Waals surface area contributed by atoms with Gasteiger partial charge in [-0.3, -0.25) is 0 Å². The van der Waals surface area contributed by atoms with Gasteiger partial charge in [0.2, 0.25) is 0 Å². The molecule has 0 saturated carbocycles. The number of hydrogen-bond acceptors (Lipinski definition) is 4. The molecule has 1 unspecified atom stereocenters. The first-order valence-corrected chi connectivity index (χ1v) is 6.88. The predicted molar refractivity (Wildman–Crippen MR) is 83.8 cm³/mol. The Morgan fingerprint density at radius 2 is 1.90 bits per heavy atom. The lowest BCUT2D eigenvalue weighted by Crippen LogP contribution is -2.22. The van der Waals surface area contributed by atoms with E-state index in [9.17, 15) is 0 Å². The molecule has 5 heteroatoms. The second kappa shape index (κ2) is 6.47. The van der Waals surface area contributed by atoms with Gasteiger partial charge in [0.15, 0.2) is 5.69 Å². The minimum Gasteiger partial charge on any atom is -0.497 e. The van der Waals surface area contributed by atoms with Gasteiger partial charge in [0.05, 0.1) is 18.2 Å². The molecule has 0 radical (unpaired) electrons. The van der Waals surface area contributed by atoms with Crippen molar-refractivity contribution >= 4 is 17.4 Å². The lowest BCUT2D eigenvalue weighted by molar-refractivity contribution is 0.414. The average Bonchev–Trinajstić information content (AvgIpc) is 2.54. The molecule has 0 spiro atoms. The quantitative estimate of drug-likeness (QED) is 0.861. The van der Waals surface area contributed by atoms with Crippen LogP contribution in [-0.2, 0) is 0 Å². The summed E-state index contributed by atoms with van der Waals surface area (Å²) in [6.07, 6.45) is 0. The van der Waals surface area contributed by atoms with Crippen LogP contribution in [0.3, 0.4) is 0 Å². The number of benzene rings is 1. The van der Waals surface area contributed by atoms with Crippen LogP contribution >= 0.6 is 11.6 Å². The largest absolute Gasteiger partial charge is 0.497 e. The van der Waals surface area contributed by atoms with E-state index < -0.39 is 0 Å². The molecule has 1 atom stereocenters. The number of nitriles is 1. The zero-order chi connectivity index (χ0) is 15.4. The Balaban J connectivity index is 2.25. The standard InChI is InChI=1S/C16H16ClN3O/c1-11(12-4-6-13(21-3)7-5-12)20(2)16-9-8-14(17)15(10-18)19-16/h4-9,11H,1-3H3. The van der Waals surface area contributed by atoms with Crippen molar-refractivity contribution in [3.63, 3.8) is 0 Å². The molecule has 2 aromatic rings. The summed E-state index contributed by atoms with van der Waals surface area (Å²) in [6.45, 7) is 2.07. The number of aromatic nitrogens is 1. The molecule has 2 rings (SSSR count). The fraction of sp³-hybridized carbons (Fsp3) is 0.250. The monoisotopic (exact) mass is 301 g/mol. The third-order valence-electron chi connectivity index (χ3n) is 3.48. The van der Waals surface area contributed by atoms with E-state index in [1.807, 2.05) is 48.3 Å². The lowest BCUT2D eigenvalue weighted by Gasteiger charge is -2.26. The Kier molecular flexibility index (Phi) is 4.66. The highest BCUT2D eigenvalue weighted by atomic mass is 35.5. The van der Waals surface area contributed by atoms with E-state index in [0.717, 1.165) is 11.3 Å². The van der Waals surface area contributed by atoms with Gasteiger partial charge in [-0.25, -0.2) is 4.98 Å². The van der Waals surface area contributed by atoms with Crippen LogP contribution in [0.15, 0.2) is 36.4 Å². The van der Waals surface area contributed by atoms with Gasteiger partial charge in [-0.15, -0.1) is 0 Å². The Morgan fingerprint density at radius 3 is 2.48 bits per heavy atom. The number of halogens is 1. The molecular formula is C16H16ClN3O. The minimum absolute atomic E-state index is 0.108. The molecule has 0 fully saturated rings. The third-order valence-corrected chi connectivity index (χ3v) is 3.78. The van der Waals surface area contributed by atoms with Gasteiger partial charge in [-0.1, -0.05) is 23.7 Å². The Labute approximate surface area is 129 Å². The third kappa shape index (κ3) is 3.26.